The number of aliphatic carboxylic acids is 1. The smallest absolute Gasteiger partial charge is 0.354 e. The Morgan fingerprint density at radius 2 is 2.41 bits per heavy atom. The largest absolute Gasteiger partial charge is 0.477 e. The first-order chi connectivity index (χ1) is 8.11. The number of carbonyl (C=O) groups excluding carboxylic acids is 1. The molecule has 0 aromatic carbocycles. The zero-order valence-corrected chi connectivity index (χ0v) is 10.8. The van der Waals surface area contributed by atoms with Gasteiger partial charge < -0.3 is 10.8 Å². The third-order valence-electron chi connectivity index (χ3n) is 2.48. The van der Waals surface area contributed by atoms with Gasteiger partial charge >= 0.3 is 5.97 Å². The zero-order valence-electron chi connectivity index (χ0n) is 9.17. The fourth-order valence-electron chi connectivity index (χ4n) is 1.73. The number of rotatable bonds is 4. The number of hydrogen-bond acceptors (Lipinski definition) is 5. The van der Waals surface area contributed by atoms with Crippen LogP contribution in [0.5, 0.6) is 0 Å². The van der Waals surface area contributed by atoms with E-state index in [2.05, 4.69) is 0 Å². The number of amides is 1. The van der Waals surface area contributed by atoms with Crippen molar-refractivity contribution in [3.8, 4) is 0 Å². The molecule has 2 aliphatic rings. The number of β-lactam (4-membered cyclic amide) rings is 1. The maximum atomic E-state index is 11.7. The molecule has 5 nitrogen and oxygen atoms in total. The highest BCUT2D eigenvalue weighted by atomic mass is 32.2. The highest BCUT2D eigenvalue weighted by Crippen LogP contribution is 2.52. The van der Waals surface area contributed by atoms with Gasteiger partial charge in [-0.2, -0.15) is 0 Å². The number of thioether (sulfide) groups is 2. The Hall–Kier alpha value is -0.920. The number of nitrogens with zero attached hydrogens (tertiary/aromatic N) is 1. The predicted octanol–water partition coefficient (Wildman–Crippen LogP) is 0.793. The molecule has 1 saturated heterocycles. The van der Waals surface area contributed by atoms with E-state index in [9.17, 15) is 9.59 Å². The van der Waals surface area contributed by atoms with E-state index in [1.54, 1.807) is 13.0 Å². The average molecular weight is 272 g/mol. The van der Waals surface area contributed by atoms with Gasteiger partial charge in [0.2, 0.25) is 0 Å². The van der Waals surface area contributed by atoms with Gasteiger partial charge in [-0.1, -0.05) is 17.8 Å². The summed E-state index contributed by atoms with van der Waals surface area (Å²) in [5.41, 5.74) is 6.19. The van der Waals surface area contributed by atoms with E-state index in [-0.39, 0.29) is 17.0 Å². The molecule has 1 amide bonds. The van der Waals surface area contributed by atoms with Crippen molar-refractivity contribution in [2.24, 2.45) is 5.73 Å². The van der Waals surface area contributed by atoms with Crippen LogP contribution in [0.4, 0.5) is 0 Å². The summed E-state index contributed by atoms with van der Waals surface area (Å²) in [4.78, 5) is 24.2. The van der Waals surface area contributed by atoms with E-state index < -0.39 is 5.97 Å². The topological polar surface area (TPSA) is 83.6 Å². The lowest BCUT2D eigenvalue weighted by Gasteiger charge is -2.36. The number of fused-ring (bicyclic) bond motifs is 1. The predicted molar refractivity (Wildman–Crippen MR) is 68.2 cm³/mol. The van der Waals surface area contributed by atoms with Gasteiger partial charge in [-0.25, -0.2) is 4.79 Å². The molecule has 3 N–H and O–H groups in total. The minimum Gasteiger partial charge on any atom is -0.477 e. The van der Waals surface area contributed by atoms with Crippen molar-refractivity contribution >= 4 is 35.4 Å². The van der Waals surface area contributed by atoms with Gasteiger partial charge in [0.15, 0.2) is 5.70 Å². The summed E-state index contributed by atoms with van der Waals surface area (Å²) in [7, 11) is 0. The zero-order chi connectivity index (χ0) is 12.6. The van der Waals surface area contributed by atoms with Crippen LogP contribution in [0.3, 0.4) is 0 Å². The summed E-state index contributed by atoms with van der Waals surface area (Å²) in [5, 5.41) is 9.00. The second-order valence-corrected chi connectivity index (χ2v) is 5.92. The van der Waals surface area contributed by atoms with E-state index in [1.807, 2.05) is 0 Å². The Kier molecular flexibility index (Phi) is 3.50. The molecule has 7 heteroatoms. The number of nitrogens with two attached hydrogens (primary N) is 1. The third kappa shape index (κ3) is 1.88. The van der Waals surface area contributed by atoms with Crippen molar-refractivity contribution in [1.29, 1.82) is 0 Å². The van der Waals surface area contributed by atoms with Gasteiger partial charge in [0.1, 0.15) is 5.37 Å². The monoisotopic (exact) mass is 272 g/mol. The quantitative estimate of drug-likeness (QED) is 0.581. The molecule has 0 aromatic rings. The Morgan fingerprint density at radius 3 is 2.94 bits per heavy atom. The molecular formula is C10H12N2O3S2. The Morgan fingerprint density at radius 1 is 1.71 bits per heavy atom. The molecule has 0 unspecified atom stereocenters. The Labute approximate surface area is 107 Å². The Balaban J connectivity index is 2.26. The standard InChI is InChI=1S/C10H12N2O3S2/c1-2-5-7(13)12-6(9(14)15)10(16-4-3-11)17-8(5)12/h2,8H,3-4,11H2,1H3,(H,14,15)/b5-2+/t8-/m1/s1. The number of hydrogen-bond donors (Lipinski definition) is 2. The van der Waals surface area contributed by atoms with Gasteiger partial charge in [-0.05, 0) is 6.92 Å². The van der Waals surface area contributed by atoms with Crippen molar-refractivity contribution in [2.75, 3.05) is 12.3 Å². The average Bonchev–Trinajstić information content (AvgIpc) is 2.62. The van der Waals surface area contributed by atoms with Crippen molar-refractivity contribution < 1.29 is 14.7 Å². The number of carboxylic acid groups (broad SMARTS) is 1. The minimum atomic E-state index is -1.05. The van der Waals surface area contributed by atoms with Gasteiger partial charge in [0, 0.05) is 17.9 Å². The molecule has 92 valence electrons. The van der Waals surface area contributed by atoms with Crippen LogP contribution in [-0.2, 0) is 9.59 Å². The van der Waals surface area contributed by atoms with Crippen LogP contribution >= 0.6 is 23.5 Å². The number of allylic oxidation sites excluding steroid dienone is 1. The van der Waals surface area contributed by atoms with E-state index in [0.717, 1.165) is 0 Å². The molecule has 2 aliphatic heterocycles. The highest BCUT2D eigenvalue weighted by molar-refractivity contribution is 8.22. The maximum absolute atomic E-state index is 11.7. The lowest BCUT2D eigenvalue weighted by molar-refractivity contribution is -0.141. The fourth-order valence-corrected chi connectivity index (χ4v) is 4.32. The molecule has 0 aliphatic carbocycles. The SMILES string of the molecule is C/C=C1\C(=O)N2C(C(=O)O)=C(SCCN)S[C@H]12. The second-order valence-electron chi connectivity index (χ2n) is 3.47. The molecule has 0 radical (unpaired) electrons. The second kappa shape index (κ2) is 4.75. The third-order valence-corrected chi connectivity index (χ3v) is 5.12. The van der Waals surface area contributed by atoms with Crippen LogP contribution in [0, 0.1) is 0 Å². The first-order valence-electron chi connectivity index (χ1n) is 5.08. The molecule has 0 bridgehead atoms. The van der Waals surface area contributed by atoms with Gasteiger partial charge in [0.25, 0.3) is 5.91 Å². The highest BCUT2D eigenvalue weighted by Gasteiger charge is 2.52. The van der Waals surface area contributed by atoms with Crippen LogP contribution in [0.25, 0.3) is 0 Å². The maximum Gasteiger partial charge on any atom is 0.354 e. The van der Waals surface area contributed by atoms with Gasteiger partial charge in [0.05, 0.1) is 4.24 Å². The van der Waals surface area contributed by atoms with E-state index in [4.69, 9.17) is 10.8 Å². The van der Waals surface area contributed by atoms with E-state index in [0.29, 0.717) is 22.1 Å². The summed E-state index contributed by atoms with van der Waals surface area (Å²) >= 11 is 2.81. The Bertz CT molecular complexity index is 445. The summed E-state index contributed by atoms with van der Waals surface area (Å²) in [6.45, 7) is 2.27. The summed E-state index contributed by atoms with van der Waals surface area (Å²) < 4.78 is 0.679. The first kappa shape index (κ1) is 12.5. The van der Waals surface area contributed by atoms with E-state index in [1.165, 1.54) is 28.4 Å². The van der Waals surface area contributed by atoms with Gasteiger partial charge in [-0.15, -0.1) is 11.8 Å². The normalized spacial score (nSPS) is 25.3. The van der Waals surface area contributed by atoms with Crippen LogP contribution in [-0.4, -0.2) is 39.6 Å². The molecule has 1 atom stereocenters. The first-order valence-corrected chi connectivity index (χ1v) is 6.95. The lowest BCUT2D eigenvalue weighted by Crippen LogP contribution is -2.51. The molecule has 0 spiro atoms. The van der Waals surface area contributed by atoms with Crippen molar-refractivity contribution in [3.63, 3.8) is 0 Å². The minimum absolute atomic E-state index is 0.106. The molecule has 2 heterocycles. The molecular weight excluding hydrogens is 260 g/mol. The molecule has 2 rings (SSSR count). The van der Waals surface area contributed by atoms with Crippen molar-refractivity contribution in [2.45, 2.75) is 12.3 Å². The molecule has 17 heavy (non-hydrogen) atoms. The lowest BCUT2D eigenvalue weighted by atomic mass is 10.1. The van der Waals surface area contributed by atoms with Crippen LogP contribution in [0.2, 0.25) is 0 Å². The van der Waals surface area contributed by atoms with Gasteiger partial charge in [-0.3, -0.25) is 9.69 Å². The summed E-state index contributed by atoms with van der Waals surface area (Å²) in [6, 6.07) is 0. The fraction of sp³-hybridized carbons (Fsp3) is 0.400. The summed E-state index contributed by atoms with van der Waals surface area (Å²) in [6.07, 6.45) is 1.74. The number of carboxylic acids is 1. The van der Waals surface area contributed by atoms with Crippen LogP contribution < -0.4 is 5.73 Å². The van der Waals surface area contributed by atoms with E-state index >= 15 is 0 Å². The van der Waals surface area contributed by atoms with Crippen molar-refractivity contribution in [3.05, 3.63) is 21.6 Å². The number of carbonyl (C=O) groups is 2. The summed E-state index contributed by atoms with van der Waals surface area (Å²) in [5.74, 6) is -0.604. The molecule has 1 fully saturated rings. The van der Waals surface area contributed by atoms with Crippen molar-refractivity contribution in [1.82, 2.24) is 4.90 Å². The van der Waals surface area contributed by atoms with Crippen LogP contribution in [0.15, 0.2) is 21.6 Å². The molecule has 0 aromatic heterocycles. The van der Waals surface area contributed by atoms with Crippen LogP contribution in [0.1, 0.15) is 6.92 Å². The molecule has 0 saturated carbocycles.